The monoisotopic (exact) mass is 330 g/mol. The van der Waals surface area contributed by atoms with E-state index in [-0.39, 0.29) is 11.8 Å². The molecule has 5 nitrogen and oxygen atoms in total. The van der Waals surface area contributed by atoms with E-state index in [0.717, 1.165) is 51.3 Å². The summed E-state index contributed by atoms with van der Waals surface area (Å²) in [4.78, 5) is 23.4. The van der Waals surface area contributed by atoms with Crippen molar-refractivity contribution in [2.24, 2.45) is 11.8 Å². The molecule has 0 aromatic carbocycles. The normalized spacial score (nSPS) is 22.6. The Morgan fingerprint density at radius 2 is 1.96 bits per heavy atom. The summed E-state index contributed by atoms with van der Waals surface area (Å²) in [7, 11) is 0. The Balaban J connectivity index is 1.39. The van der Waals surface area contributed by atoms with Gasteiger partial charge in [0.25, 0.3) is 0 Å². The smallest absolute Gasteiger partial charge is 0.223 e. The number of carbonyl (C=O) groups excluding carboxylic acids is 1. The summed E-state index contributed by atoms with van der Waals surface area (Å²) in [6.07, 6.45) is 11.8. The summed E-state index contributed by atoms with van der Waals surface area (Å²) in [5.74, 6) is 2.04. The van der Waals surface area contributed by atoms with Gasteiger partial charge in [-0.1, -0.05) is 26.2 Å². The third kappa shape index (κ3) is 4.76. The number of rotatable bonds is 6. The molecule has 2 fully saturated rings. The number of hydrogen-bond acceptors (Lipinski definition) is 4. The van der Waals surface area contributed by atoms with Crippen molar-refractivity contribution < 1.29 is 4.79 Å². The average molecular weight is 330 g/mol. The van der Waals surface area contributed by atoms with Crippen molar-refractivity contribution in [3.63, 3.8) is 0 Å². The van der Waals surface area contributed by atoms with E-state index in [0.29, 0.717) is 5.92 Å². The van der Waals surface area contributed by atoms with Gasteiger partial charge in [0, 0.05) is 49.9 Å². The van der Waals surface area contributed by atoms with Crippen molar-refractivity contribution in [3.8, 4) is 0 Å². The highest BCUT2D eigenvalue weighted by Gasteiger charge is 2.25. The Labute approximate surface area is 145 Å². The first-order valence-corrected chi connectivity index (χ1v) is 9.54. The maximum absolute atomic E-state index is 12.2. The fourth-order valence-electron chi connectivity index (χ4n) is 3.88. The van der Waals surface area contributed by atoms with Crippen LogP contribution in [-0.2, 0) is 17.8 Å². The predicted molar refractivity (Wildman–Crippen MR) is 94.4 cm³/mol. The molecule has 0 unspecified atom stereocenters. The van der Waals surface area contributed by atoms with Crippen molar-refractivity contribution >= 4 is 5.91 Å². The molecule has 1 aromatic rings. The van der Waals surface area contributed by atoms with E-state index in [1.54, 1.807) is 0 Å². The van der Waals surface area contributed by atoms with Crippen molar-refractivity contribution in [2.75, 3.05) is 19.6 Å². The van der Waals surface area contributed by atoms with E-state index in [4.69, 9.17) is 0 Å². The number of aromatic nitrogens is 2. The molecule has 24 heavy (non-hydrogen) atoms. The minimum Gasteiger partial charge on any atom is -0.356 e. The number of nitrogens with zero attached hydrogens (tertiary/aromatic N) is 3. The van der Waals surface area contributed by atoms with Gasteiger partial charge in [-0.05, 0) is 31.7 Å². The van der Waals surface area contributed by atoms with Gasteiger partial charge in [0.2, 0.25) is 5.91 Å². The number of nitrogens with one attached hydrogen (secondary N) is 1. The fraction of sp³-hybridized carbons (Fsp3) is 0.737. The molecule has 0 bridgehead atoms. The lowest BCUT2D eigenvalue weighted by molar-refractivity contribution is -0.126. The van der Waals surface area contributed by atoms with Gasteiger partial charge in [-0.15, -0.1) is 0 Å². The zero-order valence-electron chi connectivity index (χ0n) is 14.8. The number of hydrogen-bond donors (Lipinski definition) is 1. The molecular weight excluding hydrogens is 300 g/mol. The summed E-state index contributed by atoms with van der Waals surface area (Å²) in [5, 5.41) is 3.20. The van der Waals surface area contributed by atoms with Gasteiger partial charge in [-0.25, -0.2) is 9.97 Å². The van der Waals surface area contributed by atoms with E-state index >= 15 is 0 Å². The molecule has 1 amide bonds. The standard InChI is InChI=1S/C19H30N4O/c1-2-18-20-11-16(12-21-18)14-23-9-8-15(13-23)10-22-19(24)17-6-4-3-5-7-17/h11-12,15,17H,2-10,13-14H2,1H3,(H,22,24)/t15-/m1/s1. The van der Waals surface area contributed by atoms with Gasteiger partial charge in [0.15, 0.2) is 0 Å². The Morgan fingerprint density at radius 1 is 1.21 bits per heavy atom. The molecule has 1 N–H and O–H groups in total. The summed E-state index contributed by atoms with van der Waals surface area (Å²) in [6, 6.07) is 0. The van der Waals surface area contributed by atoms with E-state index in [2.05, 4.69) is 27.1 Å². The van der Waals surface area contributed by atoms with Crippen LogP contribution in [0.5, 0.6) is 0 Å². The van der Waals surface area contributed by atoms with Crippen LogP contribution in [-0.4, -0.2) is 40.4 Å². The minimum absolute atomic E-state index is 0.269. The molecule has 1 saturated heterocycles. The lowest BCUT2D eigenvalue weighted by atomic mass is 9.88. The summed E-state index contributed by atoms with van der Waals surface area (Å²) in [5.41, 5.74) is 1.18. The maximum atomic E-state index is 12.2. The number of aryl methyl sites for hydroxylation is 1. The zero-order valence-corrected chi connectivity index (χ0v) is 14.8. The van der Waals surface area contributed by atoms with Gasteiger partial charge >= 0.3 is 0 Å². The molecule has 1 aromatic heterocycles. The van der Waals surface area contributed by atoms with Crippen LogP contribution in [0, 0.1) is 11.8 Å². The highest BCUT2D eigenvalue weighted by atomic mass is 16.1. The fourth-order valence-corrected chi connectivity index (χ4v) is 3.88. The average Bonchev–Trinajstić information content (AvgIpc) is 3.08. The lowest BCUT2D eigenvalue weighted by Gasteiger charge is -2.22. The third-order valence-electron chi connectivity index (χ3n) is 5.39. The minimum atomic E-state index is 0.269. The first-order valence-electron chi connectivity index (χ1n) is 9.54. The van der Waals surface area contributed by atoms with E-state index < -0.39 is 0 Å². The Morgan fingerprint density at radius 3 is 2.67 bits per heavy atom. The summed E-state index contributed by atoms with van der Waals surface area (Å²) in [6.45, 7) is 5.97. The molecule has 2 heterocycles. The van der Waals surface area contributed by atoms with Crippen LogP contribution in [0.4, 0.5) is 0 Å². The van der Waals surface area contributed by atoms with Crippen LogP contribution in [0.15, 0.2) is 12.4 Å². The van der Waals surface area contributed by atoms with Gasteiger partial charge in [-0.2, -0.15) is 0 Å². The van der Waals surface area contributed by atoms with Crippen LogP contribution >= 0.6 is 0 Å². The molecule has 1 atom stereocenters. The number of amides is 1. The largest absolute Gasteiger partial charge is 0.356 e. The number of carbonyl (C=O) groups is 1. The van der Waals surface area contributed by atoms with Gasteiger partial charge in [0.05, 0.1) is 0 Å². The SMILES string of the molecule is CCc1ncc(CN2CC[C@H](CNC(=O)C3CCCCC3)C2)cn1. The molecule has 3 rings (SSSR count). The quantitative estimate of drug-likeness (QED) is 0.871. The molecule has 2 aliphatic rings. The zero-order chi connectivity index (χ0) is 16.8. The van der Waals surface area contributed by atoms with Crippen LogP contribution in [0.25, 0.3) is 0 Å². The molecule has 0 radical (unpaired) electrons. The van der Waals surface area contributed by atoms with Gasteiger partial charge in [0.1, 0.15) is 5.82 Å². The molecule has 132 valence electrons. The third-order valence-corrected chi connectivity index (χ3v) is 5.39. The maximum Gasteiger partial charge on any atom is 0.223 e. The first kappa shape index (κ1) is 17.3. The second kappa shape index (κ2) is 8.56. The number of likely N-dealkylation sites (tertiary alicyclic amines) is 1. The molecule has 1 aliphatic carbocycles. The van der Waals surface area contributed by atoms with Crippen molar-refractivity contribution in [1.82, 2.24) is 20.2 Å². The Bertz CT molecular complexity index is 525. The molecular formula is C19H30N4O. The molecule has 0 spiro atoms. The van der Waals surface area contributed by atoms with Crippen LogP contribution in [0.2, 0.25) is 0 Å². The second-order valence-corrected chi connectivity index (χ2v) is 7.33. The topological polar surface area (TPSA) is 58.1 Å². The highest BCUT2D eigenvalue weighted by Crippen LogP contribution is 2.24. The summed E-state index contributed by atoms with van der Waals surface area (Å²) < 4.78 is 0. The first-order chi connectivity index (χ1) is 11.7. The van der Waals surface area contributed by atoms with Gasteiger partial charge < -0.3 is 5.32 Å². The Kier molecular flexibility index (Phi) is 6.18. The van der Waals surface area contributed by atoms with Crippen molar-refractivity contribution in [1.29, 1.82) is 0 Å². The molecule has 1 aliphatic heterocycles. The van der Waals surface area contributed by atoms with Crippen LogP contribution < -0.4 is 5.32 Å². The Hall–Kier alpha value is -1.49. The molecule has 5 heteroatoms. The second-order valence-electron chi connectivity index (χ2n) is 7.33. The van der Waals surface area contributed by atoms with Crippen molar-refractivity contribution in [2.45, 2.75) is 58.4 Å². The summed E-state index contributed by atoms with van der Waals surface area (Å²) >= 11 is 0. The van der Waals surface area contributed by atoms with E-state index in [1.165, 1.54) is 31.2 Å². The van der Waals surface area contributed by atoms with Gasteiger partial charge in [-0.3, -0.25) is 9.69 Å². The lowest BCUT2D eigenvalue weighted by Crippen LogP contribution is -2.36. The van der Waals surface area contributed by atoms with Crippen LogP contribution in [0.1, 0.15) is 56.8 Å². The van der Waals surface area contributed by atoms with E-state index in [1.807, 2.05) is 12.4 Å². The van der Waals surface area contributed by atoms with E-state index in [9.17, 15) is 4.79 Å². The molecule has 1 saturated carbocycles. The highest BCUT2D eigenvalue weighted by molar-refractivity contribution is 5.78. The van der Waals surface area contributed by atoms with Crippen LogP contribution in [0.3, 0.4) is 0 Å². The predicted octanol–water partition coefficient (Wildman–Crippen LogP) is 2.56. The van der Waals surface area contributed by atoms with Crippen molar-refractivity contribution in [3.05, 3.63) is 23.8 Å².